The van der Waals surface area contributed by atoms with E-state index in [-0.39, 0.29) is 17.4 Å². The van der Waals surface area contributed by atoms with E-state index < -0.39 is 0 Å². The van der Waals surface area contributed by atoms with Crippen LogP contribution in [0.25, 0.3) is 10.9 Å². The molecule has 146 valence electrons. The number of β-amino-alcohol motifs (C(OH)–C–C–N with tert-alkyl or cyclic N) is 1. The number of hydrogen-bond donors (Lipinski definition) is 2. The number of benzene rings is 2. The lowest BCUT2D eigenvalue weighted by atomic mass is 9.68. The van der Waals surface area contributed by atoms with Crippen molar-refractivity contribution in [1.29, 1.82) is 0 Å². The van der Waals surface area contributed by atoms with Crippen LogP contribution >= 0.6 is 22.6 Å². The number of carbonyl (C=O) groups is 1. The van der Waals surface area contributed by atoms with Gasteiger partial charge in [-0.1, -0.05) is 39.0 Å². The smallest absolute Gasteiger partial charge is 0.254 e. The molecule has 0 saturated carbocycles. The van der Waals surface area contributed by atoms with Crippen LogP contribution in [0.5, 0.6) is 0 Å². The highest BCUT2D eigenvalue weighted by molar-refractivity contribution is 14.1. The van der Waals surface area contributed by atoms with Gasteiger partial charge in [-0.2, -0.15) is 0 Å². The van der Waals surface area contributed by atoms with Crippen molar-refractivity contribution < 1.29 is 9.90 Å². The standard InChI is InChI=1S/C23H25IN2O2/c1-14(2)23(3,16-5-7-17(24)8-6-16)20-11-25-21-10-15(4-9-19(20)21)22(28)26-12-18(27)13-26/h4-11,14,18,25,27H,12-13H2,1-3H3. The second-order valence-corrected chi connectivity index (χ2v) is 9.44. The molecule has 2 heterocycles. The Hall–Kier alpha value is -1.86. The number of H-pyrrole nitrogens is 1. The van der Waals surface area contributed by atoms with Crippen LogP contribution < -0.4 is 0 Å². The number of amides is 1. The summed E-state index contributed by atoms with van der Waals surface area (Å²) in [5.41, 5.74) is 4.03. The van der Waals surface area contributed by atoms with E-state index in [1.54, 1.807) is 4.90 Å². The van der Waals surface area contributed by atoms with Gasteiger partial charge < -0.3 is 15.0 Å². The van der Waals surface area contributed by atoms with Gasteiger partial charge in [0.05, 0.1) is 6.10 Å². The maximum absolute atomic E-state index is 12.6. The molecule has 1 aromatic heterocycles. The van der Waals surface area contributed by atoms with Crippen LogP contribution in [-0.4, -0.2) is 40.1 Å². The molecular weight excluding hydrogens is 463 g/mol. The first kappa shape index (κ1) is 19.5. The van der Waals surface area contributed by atoms with E-state index in [0.29, 0.717) is 24.6 Å². The molecular formula is C23H25IN2O2. The predicted octanol–water partition coefficient (Wildman–Crippen LogP) is 4.55. The molecule has 3 aromatic rings. The van der Waals surface area contributed by atoms with Crippen molar-refractivity contribution in [2.75, 3.05) is 13.1 Å². The van der Waals surface area contributed by atoms with Crippen LogP contribution in [0.2, 0.25) is 0 Å². The maximum atomic E-state index is 12.6. The van der Waals surface area contributed by atoms with E-state index in [1.807, 2.05) is 12.1 Å². The topological polar surface area (TPSA) is 56.3 Å². The summed E-state index contributed by atoms with van der Waals surface area (Å²) in [5.74, 6) is 0.378. The fourth-order valence-electron chi connectivity index (χ4n) is 4.09. The van der Waals surface area contributed by atoms with E-state index in [1.165, 1.54) is 14.7 Å². The third-order valence-electron chi connectivity index (χ3n) is 6.24. The molecule has 0 bridgehead atoms. The van der Waals surface area contributed by atoms with Crippen LogP contribution in [-0.2, 0) is 5.41 Å². The molecule has 1 aliphatic heterocycles. The lowest BCUT2D eigenvalue weighted by molar-refractivity contribution is 0.00590. The van der Waals surface area contributed by atoms with Crippen molar-refractivity contribution in [3.8, 4) is 0 Å². The Labute approximate surface area is 179 Å². The summed E-state index contributed by atoms with van der Waals surface area (Å²) in [7, 11) is 0. The largest absolute Gasteiger partial charge is 0.389 e. The minimum Gasteiger partial charge on any atom is -0.389 e. The quantitative estimate of drug-likeness (QED) is 0.530. The molecule has 0 radical (unpaired) electrons. The highest BCUT2D eigenvalue weighted by atomic mass is 127. The molecule has 1 saturated heterocycles. The van der Waals surface area contributed by atoms with Crippen molar-refractivity contribution in [2.45, 2.75) is 32.3 Å². The monoisotopic (exact) mass is 488 g/mol. The number of nitrogens with one attached hydrogen (secondary N) is 1. The molecule has 0 spiro atoms. The molecule has 4 nitrogen and oxygen atoms in total. The highest BCUT2D eigenvalue weighted by Crippen LogP contribution is 2.42. The first-order valence-electron chi connectivity index (χ1n) is 9.65. The van der Waals surface area contributed by atoms with Crippen molar-refractivity contribution in [2.24, 2.45) is 5.92 Å². The summed E-state index contributed by atoms with van der Waals surface area (Å²) >= 11 is 2.34. The number of aliphatic hydroxyl groups excluding tert-OH is 1. The van der Waals surface area contributed by atoms with Gasteiger partial charge in [0.25, 0.3) is 5.91 Å². The minimum atomic E-state index is -0.384. The van der Waals surface area contributed by atoms with Gasteiger partial charge in [0.2, 0.25) is 0 Å². The van der Waals surface area contributed by atoms with Gasteiger partial charge in [-0.05, 0) is 63.9 Å². The van der Waals surface area contributed by atoms with E-state index in [2.05, 4.69) is 84.9 Å². The molecule has 4 rings (SSSR count). The Kier molecular flexibility index (Phi) is 5.00. The summed E-state index contributed by atoms with van der Waals surface area (Å²) in [5, 5.41) is 10.6. The molecule has 1 amide bonds. The Morgan fingerprint density at radius 3 is 2.50 bits per heavy atom. The van der Waals surface area contributed by atoms with Crippen molar-refractivity contribution in [3.05, 3.63) is 68.9 Å². The summed E-state index contributed by atoms with van der Waals surface area (Å²) < 4.78 is 1.23. The van der Waals surface area contributed by atoms with Gasteiger partial charge in [0, 0.05) is 44.7 Å². The Balaban J connectivity index is 1.75. The average molecular weight is 488 g/mol. The lowest BCUT2D eigenvalue weighted by Gasteiger charge is -2.36. The van der Waals surface area contributed by atoms with Crippen LogP contribution in [0.15, 0.2) is 48.7 Å². The first-order chi connectivity index (χ1) is 13.3. The number of nitrogens with zero attached hydrogens (tertiary/aromatic N) is 1. The van der Waals surface area contributed by atoms with Crippen molar-refractivity contribution >= 4 is 39.4 Å². The molecule has 0 aliphatic carbocycles. The van der Waals surface area contributed by atoms with Crippen LogP contribution in [0, 0.1) is 9.49 Å². The van der Waals surface area contributed by atoms with E-state index >= 15 is 0 Å². The molecule has 1 unspecified atom stereocenters. The van der Waals surface area contributed by atoms with Crippen molar-refractivity contribution in [3.63, 3.8) is 0 Å². The van der Waals surface area contributed by atoms with Gasteiger partial charge in [-0.15, -0.1) is 0 Å². The predicted molar refractivity (Wildman–Crippen MR) is 121 cm³/mol. The number of fused-ring (bicyclic) bond motifs is 1. The highest BCUT2D eigenvalue weighted by Gasteiger charge is 2.35. The number of aromatic nitrogens is 1. The van der Waals surface area contributed by atoms with Crippen molar-refractivity contribution in [1.82, 2.24) is 9.88 Å². The summed E-state index contributed by atoms with van der Waals surface area (Å²) in [6, 6.07) is 14.6. The maximum Gasteiger partial charge on any atom is 0.254 e. The first-order valence-corrected chi connectivity index (χ1v) is 10.7. The molecule has 1 fully saturated rings. The Morgan fingerprint density at radius 2 is 1.89 bits per heavy atom. The molecule has 5 heteroatoms. The molecule has 28 heavy (non-hydrogen) atoms. The molecule has 2 N–H and O–H groups in total. The zero-order valence-corrected chi connectivity index (χ0v) is 18.5. The number of aromatic amines is 1. The van der Waals surface area contributed by atoms with Gasteiger partial charge in [-0.25, -0.2) is 0 Å². The molecule has 2 aromatic carbocycles. The second kappa shape index (κ2) is 7.19. The van der Waals surface area contributed by atoms with E-state index in [0.717, 1.165) is 10.9 Å². The summed E-state index contributed by atoms with van der Waals surface area (Å²) in [4.78, 5) is 17.6. The number of aliphatic hydroxyl groups is 1. The van der Waals surface area contributed by atoms with E-state index in [9.17, 15) is 9.90 Å². The van der Waals surface area contributed by atoms with Crippen LogP contribution in [0.4, 0.5) is 0 Å². The summed E-state index contributed by atoms with van der Waals surface area (Å²) in [6.07, 6.45) is 1.70. The summed E-state index contributed by atoms with van der Waals surface area (Å²) in [6.45, 7) is 7.65. The van der Waals surface area contributed by atoms with E-state index in [4.69, 9.17) is 0 Å². The van der Waals surface area contributed by atoms with Crippen LogP contribution in [0.1, 0.15) is 42.3 Å². The number of rotatable bonds is 4. The van der Waals surface area contributed by atoms with Gasteiger partial charge >= 0.3 is 0 Å². The fourth-order valence-corrected chi connectivity index (χ4v) is 4.45. The minimum absolute atomic E-state index is 0.0207. The Morgan fingerprint density at radius 1 is 1.21 bits per heavy atom. The Bertz CT molecular complexity index is 1020. The average Bonchev–Trinajstić information content (AvgIpc) is 3.08. The third kappa shape index (κ3) is 3.14. The number of hydrogen-bond acceptors (Lipinski definition) is 2. The van der Waals surface area contributed by atoms with Gasteiger partial charge in [0.15, 0.2) is 0 Å². The number of likely N-dealkylation sites (tertiary alicyclic amines) is 1. The molecule has 1 atom stereocenters. The number of carbonyl (C=O) groups excluding carboxylic acids is 1. The van der Waals surface area contributed by atoms with Gasteiger partial charge in [-0.3, -0.25) is 4.79 Å². The fraction of sp³-hybridized carbons (Fsp3) is 0.348. The SMILES string of the molecule is CC(C)C(C)(c1ccc(I)cc1)c1c[nH]c2cc(C(=O)N3CC(O)C3)ccc12. The molecule has 1 aliphatic rings. The van der Waals surface area contributed by atoms with Gasteiger partial charge in [0.1, 0.15) is 0 Å². The zero-order valence-electron chi connectivity index (χ0n) is 16.4. The zero-order chi connectivity index (χ0) is 20.1. The normalized spacial score (nSPS) is 17.0. The lowest BCUT2D eigenvalue weighted by Crippen LogP contribution is -2.53. The second-order valence-electron chi connectivity index (χ2n) is 8.19. The van der Waals surface area contributed by atoms with Crippen LogP contribution in [0.3, 0.4) is 0 Å². The third-order valence-corrected chi connectivity index (χ3v) is 6.96. The number of halogens is 1.